The van der Waals surface area contributed by atoms with E-state index in [2.05, 4.69) is 56.7 Å². The predicted octanol–water partition coefficient (Wildman–Crippen LogP) is 3.21. The van der Waals surface area contributed by atoms with E-state index in [1.165, 1.54) is 11.8 Å². The molecule has 1 aliphatic heterocycles. The van der Waals surface area contributed by atoms with Gasteiger partial charge in [0.1, 0.15) is 5.84 Å². The van der Waals surface area contributed by atoms with Crippen molar-refractivity contribution in [2.45, 2.75) is 50.2 Å². The number of benzene rings is 1. The van der Waals surface area contributed by atoms with Gasteiger partial charge in [-0.3, -0.25) is 9.98 Å². The lowest BCUT2D eigenvalue weighted by Gasteiger charge is -2.40. The molecular formula is C24H36N4O3S. The maximum atomic E-state index is 11.9. The molecule has 0 amide bonds. The van der Waals surface area contributed by atoms with Gasteiger partial charge in [-0.25, -0.2) is 13.1 Å². The average Bonchev–Trinajstić information content (AvgIpc) is 2.79. The third kappa shape index (κ3) is 7.25. The highest BCUT2D eigenvalue weighted by Crippen LogP contribution is 2.34. The van der Waals surface area contributed by atoms with Crippen LogP contribution in [0.3, 0.4) is 0 Å². The van der Waals surface area contributed by atoms with Gasteiger partial charge in [0.05, 0.1) is 19.0 Å². The van der Waals surface area contributed by atoms with E-state index < -0.39 is 10.0 Å². The number of piperidine rings is 1. The summed E-state index contributed by atoms with van der Waals surface area (Å²) < 4.78 is 33.0. The number of ether oxygens (including phenoxy) is 1. The molecule has 0 radical (unpaired) electrons. The Hall–Kier alpha value is -2.03. The number of rotatable bonds is 8. The van der Waals surface area contributed by atoms with E-state index in [0.29, 0.717) is 25.5 Å². The third-order valence-electron chi connectivity index (χ3n) is 6.47. The second-order valence-corrected chi connectivity index (χ2v) is 10.6. The molecule has 1 aromatic rings. The summed E-state index contributed by atoms with van der Waals surface area (Å²) in [5, 5.41) is 0. The predicted molar refractivity (Wildman–Crippen MR) is 131 cm³/mol. The minimum absolute atomic E-state index is 0.0483. The molecule has 2 atom stereocenters. The van der Waals surface area contributed by atoms with Crippen LogP contribution in [-0.2, 0) is 14.8 Å². The van der Waals surface area contributed by atoms with Crippen molar-refractivity contribution in [3.8, 4) is 0 Å². The number of hydrogen-bond acceptors (Lipinski definition) is 5. The lowest BCUT2D eigenvalue weighted by atomic mass is 9.82. The van der Waals surface area contributed by atoms with Crippen molar-refractivity contribution in [2.24, 2.45) is 15.9 Å². The summed E-state index contributed by atoms with van der Waals surface area (Å²) in [4.78, 5) is 10.3. The van der Waals surface area contributed by atoms with Crippen LogP contribution in [-0.4, -0.2) is 71.0 Å². The average molecular weight is 461 g/mol. The number of sulfonamides is 1. The Morgan fingerprint density at radius 1 is 1.22 bits per heavy atom. The smallest absolute Gasteiger partial charge is 0.208 e. The zero-order valence-corrected chi connectivity index (χ0v) is 20.0. The maximum Gasteiger partial charge on any atom is 0.208 e. The third-order valence-corrected chi connectivity index (χ3v) is 7.20. The standard InChI is InChI=1S/C24H36N4O3S/c1-25-15-13-24(26-2)28-16-14-23(27-32(3,29)30)21(17-28)18-31-22-11-9-20(10-12-22)19-7-5-4-6-8-19/h4-8,13,15,20-23,27H,1,9-12,14,16-18H2,2-3H3/b15-13-,26-24?. The summed E-state index contributed by atoms with van der Waals surface area (Å²) in [5.41, 5.74) is 1.42. The lowest BCUT2D eigenvalue weighted by Crippen LogP contribution is -2.53. The van der Waals surface area contributed by atoms with E-state index in [9.17, 15) is 8.42 Å². The molecule has 1 N–H and O–H groups in total. The Bertz CT molecular complexity index is 893. The quantitative estimate of drug-likeness (QED) is 0.477. The lowest BCUT2D eigenvalue weighted by molar-refractivity contribution is -0.0107. The van der Waals surface area contributed by atoms with Crippen molar-refractivity contribution >= 4 is 22.6 Å². The van der Waals surface area contributed by atoms with Crippen molar-refractivity contribution in [1.29, 1.82) is 0 Å². The first-order chi connectivity index (χ1) is 15.4. The Morgan fingerprint density at radius 2 is 1.94 bits per heavy atom. The number of nitrogens with one attached hydrogen (secondary N) is 1. The summed E-state index contributed by atoms with van der Waals surface area (Å²) in [6.45, 7) is 5.41. The fourth-order valence-electron chi connectivity index (χ4n) is 4.83. The molecule has 0 aromatic heterocycles. The summed E-state index contributed by atoms with van der Waals surface area (Å²) in [5.74, 6) is 1.48. The van der Waals surface area contributed by atoms with E-state index in [1.54, 1.807) is 13.2 Å². The zero-order valence-electron chi connectivity index (χ0n) is 19.2. The molecule has 0 spiro atoms. The Kier molecular flexibility index (Phi) is 9.02. The molecule has 8 heteroatoms. The van der Waals surface area contributed by atoms with Crippen LogP contribution in [0, 0.1) is 5.92 Å². The molecule has 2 aliphatic rings. The van der Waals surface area contributed by atoms with Gasteiger partial charge in [0.2, 0.25) is 10.0 Å². The SMILES string of the molecule is C=N/C=C\C(=NC)N1CCC(NS(C)(=O)=O)C(COC2CCC(c3ccccc3)CC2)C1. The highest BCUT2D eigenvalue weighted by atomic mass is 32.2. The van der Waals surface area contributed by atoms with E-state index in [-0.39, 0.29) is 18.1 Å². The first kappa shape index (κ1) is 24.6. The van der Waals surface area contributed by atoms with E-state index in [1.807, 2.05) is 6.08 Å². The van der Waals surface area contributed by atoms with Crippen molar-refractivity contribution in [2.75, 3.05) is 33.0 Å². The van der Waals surface area contributed by atoms with Crippen LogP contribution < -0.4 is 4.72 Å². The minimum atomic E-state index is -3.29. The van der Waals surface area contributed by atoms with Crippen LogP contribution >= 0.6 is 0 Å². The Morgan fingerprint density at radius 3 is 2.56 bits per heavy atom. The second-order valence-electron chi connectivity index (χ2n) is 8.79. The molecule has 3 rings (SSSR count). The minimum Gasteiger partial charge on any atom is -0.378 e. The van der Waals surface area contributed by atoms with Crippen LogP contribution in [0.5, 0.6) is 0 Å². The van der Waals surface area contributed by atoms with Gasteiger partial charge in [-0.1, -0.05) is 30.3 Å². The maximum absolute atomic E-state index is 11.9. The molecule has 1 saturated heterocycles. The molecule has 1 aromatic carbocycles. The van der Waals surface area contributed by atoms with Crippen LogP contribution in [0.25, 0.3) is 0 Å². The molecular weight excluding hydrogens is 424 g/mol. The van der Waals surface area contributed by atoms with Crippen LogP contribution in [0.1, 0.15) is 43.6 Å². The largest absolute Gasteiger partial charge is 0.378 e. The van der Waals surface area contributed by atoms with Crippen molar-refractivity contribution < 1.29 is 13.2 Å². The summed E-state index contributed by atoms with van der Waals surface area (Å²) in [6.07, 6.45) is 9.94. The normalized spacial score (nSPS) is 27.6. The zero-order chi connectivity index (χ0) is 23.0. The molecule has 176 valence electrons. The molecule has 2 fully saturated rings. The topological polar surface area (TPSA) is 83.4 Å². The van der Waals surface area contributed by atoms with Crippen molar-refractivity contribution in [3.05, 3.63) is 48.2 Å². The highest BCUT2D eigenvalue weighted by molar-refractivity contribution is 7.88. The Labute approximate surface area is 192 Å². The van der Waals surface area contributed by atoms with Gasteiger partial charge in [-0.05, 0) is 56.4 Å². The number of likely N-dealkylation sites (tertiary alicyclic amines) is 1. The van der Waals surface area contributed by atoms with Crippen LogP contribution in [0.2, 0.25) is 0 Å². The Balaban J connectivity index is 1.59. The number of amidine groups is 1. The first-order valence-corrected chi connectivity index (χ1v) is 13.3. The first-order valence-electron chi connectivity index (χ1n) is 11.4. The molecule has 7 nitrogen and oxygen atoms in total. The molecule has 1 aliphatic carbocycles. The van der Waals surface area contributed by atoms with Crippen molar-refractivity contribution in [3.63, 3.8) is 0 Å². The van der Waals surface area contributed by atoms with Gasteiger partial charge in [0.15, 0.2) is 0 Å². The van der Waals surface area contributed by atoms with E-state index in [4.69, 9.17) is 4.74 Å². The monoisotopic (exact) mass is 460 g/mol. The van der Waals surface area contributed by atoms with Gasteiger partial charge >= 0.3 is 0 Å². The summed E-state index contributed by atoms with van der Waals surface area (Å²) >= 11 is 0. The molecule has 1 saturated carbocycles. The van der Waals surface area contributed by atoms with Gasteiger partial charge in [0.25, 0.3) is 0 Å². The van der Waals surface area contributed by atoms with E-state index in [0.717, 1.165) is 38.1 Å². The van der Waals surface area contributed by atoms with Crippen molar-refractivity contribution in [1.82, 2.24) is 9.62 Å². The highest BCUT2D eigenvalue weighted by Gasteiger charge is 2.33. The number of aliphatic imine (C=N–C) groups is 2. The molecule has 32 heavy (non-hydrogen) atoms. The number of hydrogen-bond donors (Lipinski definition) is 1. The van der Waals surface area contributed by atoms with Gasteiger partial charge in [-0.2, -0.15) is 0 Å². The van der Waals surface area contributed by atoms with Gasteiger partial charge < -0.3 is 9.64 Å². The molecule has 0 bridgehead atoms. The van der Waals surface area contributed by atoms with Gasteiger partial charge in [0, 0.05) is 38.3 Å². The van der Waals surface area contributed by atoms with Crippen LogP contribution in [0.15, 0.2) is 52.6 Å². The molecule has 1 heterocycles. The van der Waals surface area contributed by atoms with Crippen LogP contribution in [0.4, 0.5) is 0 Å². The molecule has 2 unspecified atom stereocenters. The second kappa shape index (κ2) is 11.7. The summed E-state index contributed by atoms with van der Waals surface area (Å²) in [7, 11) is -1.54. The number of nitrogens with zero attached hydrogens (tertiary/aromatic N) is 3. The summed E-state index contributed by atoms with van der Waals surface area (Å²) in [6, 6.07) is 10.6. The van der Waals surface area contributed by atoms with E-state index >= 15 is 0 Å². The fourth-order valence-corrected chi connectivity index (χ4v) is 5.69. The van der Waals surface area contributed by atoms with Gasteiger partial charge in [-0.15, -0.1) is 0 Å². The fraction of sp³-hybridized carbons (Fsp3) is 0.583.